The minimum atomic E-state index is -0.199. The Hall–Kier alpha value is -0.760. The third-order valence-corrected chi connectivity index (χ3v) is 3.70. The first-order valence-corrected chi connectivity index (χ1v) is 7.04. The van der Waals surface area contributed by atoms with Gasteiger partial charge in [-0.2, -0.15) is 5.10 Å². The first-order chi connectivity index (χ1) is 8.67. The first-order valence-electron chi connectivity index (χ1n) is 5.46. The molecule has 7 heteroatoms. The van der Waals surface area contributed by atoms with Gasteiger partial charge in [0.15, 0.2) is 0 Å². The number of pyridine rings is 1. The standard InChI is InChI=1S/C11H13Br2N5/c1-2-18-11(8(13)6-16-18)10(17-14)9-4-3-7(12)5-15-9/h3-6,10,17H,2,14H2,1H3. The Morgan fingerprint density at radius 1 is 1.39 bits per heavy atom. The number of hydrogen-bond donors (Lipinski definition) is 2. The van der Waals surface area contributed by atoms with Crippen LogP contribution in [-0.2, 0) is 6.54 Å². The van der Waals surface area contributed by atoms with Gasteiger partial charge in [-0.05, 0) is 50.9 Å². The van der Waals surface area contributed by atoms with E-state index in [-0.39, 0.29) is 6.04 Å². The van der Waals surface area contributed by atoms with E-state index in [4.69, 9.17) is 5.84 Å². The van der Waals surface area contributed by atoms with Gasteiger partial charge < -0.3 is 0 Å². The maximum Gasteiger partial charge on any atom is 0.106 e. The Kier molecular flexibility index (Phi) is 4.50. The normalized spacial score (nSPS) is 12.7. The number of aromatic nitrogens is 3. The van der Waals surface area contributed by atoms with Crippen LogP contribution in [0.1, 0.15) is 24.4 Å². The minimum Gasteiger partial charge on any atom is -0.270 e. The van der Waals surface area contributed by atoms with Crippen LogP contribution in [-0.4, -0.2) is 14.8 Å². The molecule has 0 fully saturated rings. The van der Waals surface area contributed by atoms with E-state index in [2.05, 4.69) is 47.4 Å². The molecule has 5 nitrogen and oxygen atoms in total. The highest BCUT2D eigenvalue weighted by Gasteiger charge is 2.21. The zero-order valence-corrected chi connectivity index (χ0v) is 12.9. The number of halogens is 2. The van der Waals surface area contributed by atoms with Gasteiger partial charge in [0.1, 0.15) is 6.04 Å². The van der Waals surface area contributed by atoms with Gasteiger partial charge in [-0.25, -0.2) is 5.43 Å². The maximum absolute atomic E-state index is 5.66. The van der Waals surface area contributed by atoms with Crippen LogP contribution in [0.15, 0.2) is 33.5 Å². The summed E-state index contributed by atoms with van der Waals surface area (Å²) in [5, 5.41) is 4.28. The van der Waals surface area contributed by atoms with Crippen molar-refractivity contribution in [3.05, 3.63) is 44.9 Å². The number of nitrogens with one attached hydrogen (secondary N) is 1. The Morgan fingerprint density at radius 2 is 2.17 bits per heavy atom. The molecule has 2 heterocycles. The molecular weight excluding hydrogens is 362 g/mol. The summed E-state index contributed by atoms with van der Waals surface area (Å²) in [7, 11) is 0. The van der Waals surface area contributed by atoms with Crippen molar-refractivity contribution in [1.29, 1.82) is 0 Å². The molecule has 0 aliphatic heterocycles. The Bertz CT molecular complexity index is 523. The number of nitrogens with two attached hydrogens (primary N) is 1. The fourth-order valence-corrected chi connectivity index (χ4v) is 2.53. The van der Waals surface area contributed by atoms with Gasteiger partial charge in [0.05, 0.1) is 22.1 Å². The lowest BCUT2D eigenvalue weighted by Crippen LogP contribution is -2.31. The number of nitrogens with zero attached hydrogens (tertiary/aromatic N) is 3. The molecule has 0 bridgehead atoms. The second-order valence-corrected chi connectivity index (χ2v) is 5.46. The van der Waals surface area contributed by atoms with Crippen LogP contribution >= 0.6 is 31.9 Å². The monoisotopic (exact) mass is 373 g/mol. The summed E-state index contributed by atoms with van der Waals surface area (Å²) in [6.07, 6.45) is 3.52. The molecule has 0 aliphatic rings. The molecule has 0 radical (unpaired) electrons. The van der Waals surface area contributed by atoms with Crippen molar-refractivity contribution in [2.45, 2.75) is 19.5 Å². The highest BCUT2D eigenvalue weighted by atomic mass is 79.9. The largest absolute Gasteiger partial charge is 0.270 e. The van der Waals surface area contributed by atoms with E-state index in [1.54, 1.807) is 12.4 Å². The molecule has 0 aliphatic carbocycles. The van der Waals surface area contributed by atoms with E-state index >= 15 is 0 Å². The molecule has 1 unspecified atom stereocenters. The lowest BCUT2D eigenvalue weighted by molar-refractivity contribution is 0.534. The van der Waals surface area contributed by atoms with E-state index in [0.29, 0.717) is 0 Å². The predicted molar refractivity (Wildman–Crippen MR) is 76.7 cm³/mol. The third kappa shape index (κ3) is 2.64. The molecule has 0 spiro atoms. The molecule has 3 N–H and O–H groups in total. The molecule has 1 atom stereocenters. The van der Waals surface area contributed by atoms with Crippen LogP contribution in [0.4, 0.5) is 0 Å². The maximum atomic E-state index is 5.66. The highest BCUT2D eigenvalue weighted by molar-refractivity contribution is 9.10. The second-order valence-electron chi connectivity index (χ2n) is 3.69. The Labute approximate surface area is 122 Å². The molecule has 2 aromatic rings. The highest BCUT2D eigenvalue weighted by Crippen LogP contribution is 2.27. The molecule has 0 amide bonds. The van der Waals surface area contributed by atoms with Gasteiger partial charge in [0.2, 0.25) is 0 Å². The van der Waals surface area contributed by atoms with Gasteiger partial charge in [-0.15, -0.1) is 0 Å². The van der Waals surface area contributed by atoms with Crippen molar-refractivity contribution >= 4 is 31.9 Å². The number of rotatable bonds is 4. The molecule has 18 heavy (non-hydrogen) atoms. The van der Waals surface area contributed by atoms with Crippen molar-refractivity contribution in [3.8, 4) is 0 Å². The SMILES string of the molecule is CCn1ncc(Br)c1C(NN)c1ccc(Br)cn1. The summed E-state index contributed by atoms with van der Waals surface area (Å²) in [6, 6.07) is 3.66. The Morgan fingerprint density at radius 3 is 2.72 bits per heavy atom. The predicted octanol–water partition coefficient (Wildman–Crippen LogP) is 2.38. The van der Waals surface area contributed by atoms with Crippen LogP contribution in [0.25, 0.3) is 0 Å². The number of hydrazine groups is 1. The quantitative estimate of drug-likeness (QED) is 0.636. The smallest absolute Gasteiger partial charge is 0.106 e. The topological polar surface area (TPSA) is 68.8 Å². The van der Waals surface area contributed by atoms with Gasteiger partial charge in [-0.1, -0.05) is 0 Å². The molecular formula is C11H13Br2N5. The Balaban J connectivity index is 2.44. The van der Waals surface area contributed by atoms with Crippen molar-refractivity contribution in [3.63, 3.8) is 0 Å². The van der Waals surface area contributed by atoms with Crippen LogP contribution in [0.2, 0.25) is 0 Å². The minimum absolute atomic E-state index is 0.199. The van der Waals surface area contributed by atoms with Crippen molar-refractivity contribution in [1.82, 2.24) is 20.2 Å². The van der Waals surface area contributed by atoms with Crippen LogP contribution in [0.3, 0.4) is 0 Å². The molecule has 0 saturated heterocycles. The van der Waals surface area contributed by atoms with E-state index < -0.39 is 0 Å². The molecule has 0 saturated carbocycles. The van der Waals surface area contributed by atoms with Crippen LogP contribution < -0.4 is 11.3 Å². The van der Waals surface area contributed by atoms with E-state index in [9.17, 15) is 0 Å². The van der Waals surface area contributed by atoms with Crippen LogP contribution in [0, 0.1) is 0 Å². The van der Waals surface area contributed by atoms with E-state index in [0.717, 1.165) is 26.9 Å². The third-order valence-electron chi connectivity index (χ3n) is 2.62. The zero-order chi connectivity index (χ0) is 13.1. The van der Waals surface area contributed by atoms with Crippen molar-refractivity contribution < 1.29 is 0 Å². The summed E-state index contributed by atoms with van der Waals surface area (Å²) in [5.74, 6) is 5.66. The lowest BCUT2D eigenvalue weighted by atomic mass is 10.1. The molecule has 2 rings (SSSR count). The van der Waals surface area contributed by atoms with Crippen LogP contribution in [0.5, 0.6) is 0 Å². The average molecular weight is 375 g/mol. The van der Waals surface area contributed by atoms with Gasteiger partial charge in [-0.3, -0.25) is 15.5 Å². The number of aryl methyl sites for hydroxylation is 1. The van der Waals surface area contributed by atoms with Gasteiger partial charge in [0.25, 0.3) is 0 Å². The van der Waals surface area contributed by atoms with Crippen molar-refractivity contribution in [2.24, 2.45) is 5.84 Å². The van der Waals surface area contributed by atoms with Gasteiger partial charge >= 0.3 is 0 Å². The van der Waals surface area contributed by atoms with Gasteiger partial charge in [0, 0.05) is 17.2 Å². The molecule has 0 aromatic carbocycles. The molecule has 2 aromatic heterocycles. The molecule has 96 valence electrons. The summed E-state index contributed by atoms with van der Waals surface area (Å²) in [6.45, 7) is 2.81. The van der Waals surface area contributed by atoms with Crippen molar-refractivity contribution in [2.75, 3.05) is 0 Å². The summed E-state index contributed by atoms with van der Waals surface area (Å²) in [5.41, 5.74) is 4.60. The lowest BCUT2D eigenvalue weighted by Gasteiger charge is -2.17. The summed E-state index contributed by atoms with van der Waals surface area (Å²) < 4.78 is 3.74. The fraction of sp³-hybridized carbons (Fsp3) is 0.273. The summed E-state index contributed by atoms with van der Waals surface area (Å²) >= 11 is 6.86. The summed E-state index contributed by atoms with van der Waals surface area (Å²) in [4.78, 5) is 4.37. The van der Waals surface area contributed by atoms with E-state index in [1.807, 2.05) is 23.7 Å². The average Bonchev–Trinajstić information content (AvgIpc) is 2.74. The second kappa shape index (κ2) is 5.92. The fourth-order valence-electron chi connectivity index (χ4n) is 1.77. The first kappa shape index (κ1) is 13.7. The number of hydrogen-bond acceptors (Lipinski definition) is 4. The zero-order valence-electron chi connectivity index (χ0n) is 9.77. The van der Waals surface area contributed by atoms with E-state index in [1.165, 1.54) is 0 Å².